The molecule has 2 aromatic rings. The lowest BCUT2D eigenvalue weighted by molar-refractivity contribution is -0.111. The fraction of sp³-hybridized carbons (Fsp3) is 0.469. The average molecular weight is 518 g/mol. The van der Waals surface area contributed by atoms with Crippen LogP contribution in [-0.2, 0) is 16.0 Å². The number of fused-ring (bicyclic) bond motifs is 1. The number of nitrogens with zero attached hydrogens (tertiary/aromatic N) is 1. The summed E-state index contributed by atoms with van der Waals surface area (Å²) in [7, 11) is 1.66. The number of methoxy groups -OCH3 is 1. The second-order valence-corrected chi connectivity index (χ2v) is 11.4. The number of phenolic OH excluding ortho intramolecular Hbond substituents is 1. The van der Waals surface area contributed by atoms with Gasteiger partial charge in [0.2, 0.25) is 0 Å². The molecule has 2 fully saturated rings. The number of allylic oxidation sites excluding steroid dienone is 4. The Balaban J connectivity index is 1.33. The molecule has 5 nitrogen and oxygen atoms in total. The molecule has 2 heterocycles. The molecule has 2 aromatic carbocycles. The maximum atomic E-state index is 16.0. The molecule has 6 rings (SSSR count). The number of benzene rings is 2. The first-order chi connectivity index (χ1) is 18.5. The molecule has 4 atom stereocenters. The van der Waals surface area contributed by atoms with E-state index in [0.717, 1.165) is 61.5 Å². The molecule has 0 aromatic heterocycles. The Morgan fingerprint density at radius 1 is 1.16 bits per heavy atom. The predicted octanol–water partition coefficient (Wildman–Crippen LogP) is 5.94. The molecule has 0 bridgehead atoms. The Morgan fingerprint density at radius 3 is 2.71 bits per heavy atom. The maximum absolute atomic E-state index is 16.0. The molecule has 2 aliphatic carbocycles. The number of halogens is 1. The molecule has 38 heavy (non-hydrogen) atoms. The third-order valence-electron chi connectivity index (χ3n) is 9.28. The minimum Gasteiger partial charge on any atom is -0.508 e. The average Bonchev–Trinajstić information content (AvgIpc) is 3.35. The van der Waals surface area contributed by atoms with Crippen molar-refractivity contribution in [2.75, 3.05) is 31.7 Å². The molecule has 1 spiro atoms. The van der Waals surface area contributed by atoms with Gasteiger partial charge >= 0.3 is 0 Å². The van der Waals surface area contributed by atoms with E-state index in [9.17, 15) is 9.90 Å². The summed E-state index contributed by atoms with van der Waals surface area (Å²) in [6, 6.07) is 9.17. The summed E-state index contributed by atoms with van der Waals surface area (Å²) in [5.41, 5.74) is 3.45. The number of carbonyl (C=O) groups excluding carboxylic acids is 1. The number of aryl methyl sites for hydroxylation is 1. The minimum absolute atomic E-state index is 0.0274. The maximum Gasteiger partial charge on any atom is 0.147 e. The molecule has 200 valence electrons. The summed E-state index contributed by atoms with van der Waals surface area (Å²) in [4.78, 5) is 13.3. The van der Waals surface area contributed by atoms with E-state index < -0.39 is 0 Å². The lowest BCUT2D eigenvalue weighted by Crippen LogP contribution is -2.44. The molecule has 2 aliphatic heterocycles. The number of anilines is 1. The fourth-order valence-corrected chi connectivity index (χ4v) is 7.30. The van der Waals surface area contributed by atoms with Crippen LogP contribution in [0.5, 0.6) is 11.5 Å². The van der Waals surface area contributed by atoms with Gasteiger partial charge in [-0.05, 0) is 79.7 Å². The van der Waals surface area contributed by atoms with E-state index in [2.05, 4.69) is 29.2 Å². The predicted molar refractivity (Wildman–Crippen MR) is 145 cm³/mol. The highest BCUT2D eigenvalue weighted by Gasteiger charge is 2.43. The smallest absolute Gasteiger partial charge is 0.147 e. The largest absolute Gasteiger partial charge is 0.508 e. The van der Waals surface area contributed by atoms with E-state index >= 15 is 4.39 Å². The molecule has 6 heteroatoms. The normalized spacial score (nSPS) is 27.9. The van der Waals surface area contributed by atoms with Crippen molar-refractivity contribution in [3.05, 3.63) is 77.1 Å². The summed E-state index contributed by atoms with van der Waals surface area (Å²) in [5, 5.41) is 10.2. The van der Waals surface area contributed by atoms with Gasteiger partial charge in [0.05, 0.1) is 25.0 Å². The Kier molecular flexibility index (Phi) is 6.77. The number of aldehydes is 1. The zero-order valence-corrected chi connectivity index (χ0v) is 21.9. The van der Waals surface area contributed by atoms with Crippen LogP contribution in [0.15, 0.2) is 54.6 Å². The third-order valence-corrected chi connectivity index (χ3v) is 9.28. The van der Waals surface area contributed by atoms with E-state index in [4.69, 9.17) is 9.47 Å². The van der Waals surface area contributed by atoms with Crippen LogP contribution >= 0.6 is 0 Å². The minimum atomic E-state index is -0.255. The summed E-state index contributed by atoms with van der Waals surface area (Å²) in [6.45, 7) is 1.85. The van der Waals surface area contributed by atoms with Crippen molar-refractivity contribution < 1.29 is 23.8 Å². The van der Waals surface area contributed by atoms with Crippen LogP contribution in [0.1, 0.15) is 54.7 Å². The summed E-state index contributed by atoms with van der Waals surface area (Å²) in [6.07, 6.45) is 14.9. The molecule has 4 aliphatic rings. The SMILES string of the molecule is COc1cc(N2CCC3(CC2)C[C@H](C=O)CO3)c(F)cc1[C@@H]1c2ccc(O)cc2CC[C@@H]1C1C=CC=CC1. The van der Waals surface area contributed by atoms with Crippen LogP contribution in [0.4, 0.5) is 10.1 Å². The topological polar surface area (TPSA) is 59.0 Å². The van der Waals surface area contributed by atoms with Crippen molar-refractivity contribution in [1.82, 2.24) is 0 Å². The molecular weight excluding hydrogens is 481 g/mol. The fourth-order valence-electron chi connectivity index (χ4n) is 7.30. The first-order valence-corrected chi connectivity index (χ1v) is 13.9. The van der Waals surface area contributed by atoms with Gasteiger partial charge in [-0.25, -0.2) is 4.39 Å². The van der Waals surface area contributed by atoms with Crippen molar-refractivity contribution >= 4 is 12.0 Å². The van der Waals surface area contributed by atoms with Gasteiger partial charge in [-0.15, -0.1) is 0 Å². The van der Waals surface area contributed by atoms with E-state index in [1.807, 2.05) is 18.2 Å². The van der Waals surface area contributed by atoms with Crippen molar-refractivity contribution in [2.24, 2.45) is 17.8 Å². The number of ether oxygens (including phenoxy) is 2. The van der Waals surface area contributed by atoms with Gasteiger partial charge in [0.1, 0.15) is 23.6 Å². The molecule has 1 N–H and O–H groups in total. The van der Waals surface area contributed by atoms with Crippen LogP contribution < -0.4 is 9.64 Å². The van der Waals surface area contributed by atoms with Crippen LogP contribution in [0.2, 0.25) is 0 Å². The van der Waals surface area contributed by atoms with Crippen LogP contribution in [0, 0.1) is 23.6 Å². The molecular formula is C32H36FNO4. The van der Waals surface area contributed by atoms with Crippen molar-refractivity contribution in [1.29, 1.82) is 0 Å². The number of hydrogen-bond donors (Lipinski definition) is 1. The summed E-state index contributed by atoms with van der Waals surface area (Å²) in [5.74, 6) is 1.33. The Labute approximate surface area is 223 Å². The molecule has 0 saturated carbocycles. The second-order valence-electron chi connectivity index (χ2n) is 11.4. The monoisotopic (exact) mass is 517 g/mol. The highest BCUT2D eigenvalue weighted by Crippen LogP contribution is 2.50. The van der Waals surface area contributed by atoms with Crippen LogP contribution in [0.25, 0.3) is 0 Å². The molecule has 0 radical (unpaired) electrons. The second kappa shape index (κ2) is 10.2. The van der Waals surface area contributed by atoms with Gasteiger partial charge < -0.3 is 24.3 Å². The number of hydrogen-bond acceptors (Lipinski definition) is 5. The molecule has 2 saturated heterocycles. The van der Waals surface area contributed by atoms with E-state index in [-0.39, 0.29) is 29.0 Å². The number of carbonyl (C=O) groups is 1. The van der Waals surface area contributed by atoms with Gasteiger partial charge in [0.15, 0.2) is 0 Å². The summed E-state index contributed by atoms with van der Waals surface area (Å²) >= 11 is 0. The number of phenols is 1. The van der Waals surface area contributed by atoms with Crippen LogP contribution in [0.3, 0.4) is 0 Å². The van der Waals surface area contributed by atoms with E-state index in [0.29, 0.717) is 43.0 Å². The van der Waals surface area contributed by atoms with Gasteiger partial charge in [-0.2, -0.15) is 0 Å². The summed E-state index contributed by atoms with van der Waals surface area (Å²) < 4.78 is 28.0. The Morgan fingerprint density at radius 2 is 2.00 bits per heavy atom. The molecule has 0 amide bonds. The van der Waals surface area contributed by atoms with Crippen LogP contribution in [-0.4, -0.2) is 43.8 Å². The number of piperidine rings is 1. The van der Waals surface area contributed by atoms with E-state index in [1.165, 1.54) is 0 Å². The Bertz CT molecular complexity index is 1260. The lowest BCUT2D eigenvalue weighted by Gasteiger charge is -2.41. The first-order valence-electron chi connectivity index (χ1n) is 13.9. The van der Waals surface area contributed by atoms with Gasteiger partial charge in [-0.3, -0.25) is 0 Å². The Hall–Kier alpha value is -3.12. The number of rotatable bonds is 5. The van der Waals surface area contributed by atoms with Crippen molar-refractivity contribution in [2.45, 2.75) is 50.0 Å². The molecule has 1 unspecified atom stereocenters. The van der Waals surface area contributed by atoms with Crippen molar-refractivity contribution in [3.8, 4) is 11.5 Å². The van der Waals surface area contributed by atoms with Gasteiger partial charge in [0.25, 0.3) is 0 Å². The van der Waals surface area contributed by atoms with Gasteiger partial charge in [0, 0.05) is 36.6 Å². The van der Waals surface area contributed by atoms with Crippen molar-refractivity contribution in [3.63, 3.8) is 0 Å². The zero-order valence-electron chi connectivity index (χ0n) is 21.9. The third kappa shape index (κ3) is 4.53. The first kappa shape index (κ1) is 25.2. The lowest BCUT2D eigenvalue weighted by atomic mass is 9.65. The zero-order chi connectivity index (χ0) is 26.3. The highest BCUT2D eigenvalue weighted by atomic mass is 19.1. The standard InChI is InChI=1S/C32H36FNO4/c1-37-30-17-29(34-13-11-32(12-14-34)18-21(19-35)20-38-32)28(33)16-27(30)31-25(22-5-3-2-4-6-22)9-7-23-15-24(36)8-10-26(23)31/h2-5,8,10,15-17,19,21-22,25,31,36H,6-7,9,11-14,18,20H2,1H3/t21-,22?,25-,31+/m1/s1. The highest BCUT2D eigenvalue weighted by molar-refractivity contribution is 5.59. The van der Waals surface area contributed by atoms with Gasteiger partial charge in [-0.1, -0.05) is 30.4 Å². The number of aromatic hydroxyl groups is 1. The quantitative estimate of drug-likeness (QED) is 0.498. The van der Waals surface area contributed by atoms with E-state index in [1.54, 1.807) is 19.2 Å².